The van der Waals surface area contributed by atoms with E-state index in [-0.39, 0.29) is 0 Å². The molecule has 1 atom stereocenters. The van der Waals surface area contributed by atoms with Crippen LogP contribution in [0.4, 0.5) is 0 Å². The van der Waals surface area contributed by atoms with Crippen molar-refractivity contribution in [3.63, 3.8) is 0 Å². The van der Waals surface area contributed by atoms with E-state index >= 15 is 0 Å². The summed E-state index contributed by atoms with van der Waals surface area (Å²) in [7, 11) is 1.77. The third-order valence-corrected chi connectivity index (χ3v) is 3.26. The average Bonchev–Trinajstić information content (AvgIpc) is 2.27. The number of hydrogen-bond acceptors (Lipinski definition) is 3. The molecule has 1 heterocycles. The Kier molecular flexibility index (Phi) is 6.81. The van der Waals surface area contributed by atoms with Gasteiger partial charge in [-0.15, -0.1) is 0 Å². The van der Waals surface area contributed by atoms with Crippen molar-refractivity contribution in [2.75, 3.05) is 38.7 Å². The zero-order valence-corrected chi connectivity index (χ0v) is 11.3. The number of nitrogens with zero attached hydrogens (tertiary/aromatic N) is 1. The Morgan fingerprint density at radius 1 is 1.40 bits per heavy atom. The first-order chi connectivity index (χ1) is 7.27. The minimum atomic E-state index is 0.466. The predicted octanol–water partition coefficient (Wildman–Crippen LogP) is 1.90. The van der Waals surface area contributed by atoms with Crippen LogP contribution in [0.25, 0.3) is 0 Å². The topological polar surface area (TPSA) is 21.7 Å². The molecule has 0 bridgehead atoms. The molecule has 0 aromatic carbocycles. The van der Waals surface area contributed by atoms with Crippen LogP contribution in [0.1, 0.15) is 19.8 Å². The minimum absolute atomic E-state index is 0.466. The first-order valence-corrected chi connectivity index (χ1v) is 6.80. The Hall–Kier alpha value is 0.360. The van der Waals surface area contributed by atoms with Gasteiger partial charge in [0, 0.05) is 31.6 Å². The van der Waals surface area contributed by atoms with Gasteiger partial charge in [0.2, 0.25) is 0 Å². The van der Waals surface area contributed by atoms with Gasteiger partial charge in [-0.25, -0.2) is 0 Å². The lowest BCUT2D eigenvalue weighted by molar-refractivity contribution is -0.00277. The highest BCUT2D eigenvalue weighted by molar-refractivity contribution is 9.09. The maximum atomic E-state index is 5.72. The average molecular weight is 280 g/mol. The van der Waals surface area contributed by atoms with Gasteiger partial charge in [-0.05, 0) is 19.8 Å². The molecule has 1 aliphatic rings. The van der Waals surface area contributed by atoms with Crippen molar-refractivity contribution < 1.29 is 9.47 Å². The van der Waals surface area contributed by atoms with Gasteiger partial charge in [0.15, 0.2) is 0 Å². The second-order valence-corrected chi connectivity index (χ2v) is 4.89. The van der Waals surface area contributed by atoms with Gasteiger partial charge < -0.3 is 9.47 Å². The van der Waals surface area contributed by atoms with Crippen LogP contribution in [0.3, 0.4) is 0 Å². The van der Waals surface area contributed by atoms with E-state index in [9.17, 15) is 0 Å². The number of hydrogen-bond donors (Lipinski definition) is 0. The summed E-state index contributed by atoms with van der Waals surface area (Å²) in [6.45, 7) is 6.16. The number of alkyl halides is 1. The normalized spacial score (nSPS) is 21.8. The van der Waals surface area contributed by atoms with Gasteiger partial charge >= 0.3 is 0 Å². The van der Waals surface area contributed by atoms with Crippen LogP contribution in [0, 0.1) is 0 Å². The number of ether oxygens (including phenoxy) is 2. The number of methoxy groups -OCH3 is 1. The van der Waals surface area contributed by atoms with Crippen molar-refractivity contribution in [2.45, 2.75) is 31.9 Å². The summed E-state index contributed by atoms with van der Waals surface area (Å²) in [5.41, 5.74) is 0. The molecule has 0 spiro atoms. The van der Waals surface area contributed by atoms with Gasteiger partial charge in [0.1, 0.15) is 0 Å². The summed E-state index contributed by atoms with van der Waals surface area (Å²) in [6, 6.07) is 0.534. The smallest absolute Gasteiger partial charge is 0.0615 e. The highest BCUT2D eigenvalue weighted by atomic mass is 79.9. The van der Waals surface area contributed by atoms with Crippen LogP contribution < -0.4 is 0 Å². The Balaban J connectivity index is 2.17. The zero-order chi connectivity index (χ0) is 11.1. The molecular formula is C11H22BrNO2. The van der Waals surface area contributed by atoms with E-state index < -0.39 is 0 Å². The summed E-state index contributed by atoms with van der Waals surface area (Å²) < 4.78 is 10.9. The number of likely N-dealkylation sites (tertiary alicyclic amines) is 1. The van der Waals surface area contributed by atoms with Crippen molar-refractivity contribution in [1.82, 2.24) is 4.90 Å². The molecule has 0 aliphatic carbocycles. The molecule has 1 unspecified atom stereocenters. The van der Waals surface area contributed by atoms with Crippen molar-refractivity contribution in [1.29, 1.82) is 0 Å². The van der Waals surface area contributed by atoms with Crippen LogP contribution in [0.2, 0.25) is 0 Å². The second-order valence-electron chi connectivity index (χ2n) is 4.10. The van der Waals surface area contributed by atoms with Crippen molar-refractivity contribution in [3.05, 3.63) is 0 Å². The van der Waals surface area contributed by atoms with E-state index in [4.69, 9.17) is 9.47 Å². The molecule has 0 saturated carbocycles. The molecule has 1 rings (SSSR count). The SMILES string of the molecule is COCC(C)N1CCC(OCCBr)CC1. The highest BCUT2D eigenvalue weighted by Crippen LogP contribution is 2.16. The van der Waals surface area contributed by atoms with Crippen molar-refractivity contribution in [2.24, 2.45) is 0 Å². The number of piperidine rings is 1. The third-order valence-electron chi connectivity index (χ3n) is 2.94. The summed E-state index contributed by atoms with van der Waals surface area (Å²) in [6.07, 6.45) is 2.77. The highest BCUT2D eigenvalue weighted by Gasteiger charge is 2.22. The largest absolute Gasteiger partial charge is 0.383 e. The molecule has 1 saturated heterocycles. The molecule has 3 nitrogen and oxygen atoms in total. The minimum Gasteiger partial charge on any atom is -0.383 e. The van der Waals surface area contributed by atoms with Crippen LogP contribution >= 0.6 is 15.9 Å². The maximum absolute atomic E-state index is 5.72. The third kappa shape index (κ3) is 4.81. The fourth-order valence-electron chi connectivity index (χ4n) is 2.04. The lowest BCUT2D eigenvalue weighted by atomic mass is 10.1. The Morgan fingerprint density at radius 3 is 2.60 bits per heavy atom. The molecule has 0 aromatic heterocycles. The molecule has 0 N–H and O–H groups in total. The fourth-order valence-corrected chi connectivity index (χ4v) is 2.23. The van der Waals surface area contributed by atoms with Gasteiger partial charge in [-0.2, -0.15) is 0 Å². The molecular weight excluding hydrogens is 258 g/mol. The molecule has 0 radical (unpaired) electrons. The zero-order valence-electron chi connectivity index (χ0n) is 9.75. The van der Waals surface area contributed by atoms with Crippen LogP contribution in [0.15, 0.2) is 0 Å². The lowest BCUT2D eigenvalue weighted by Crippen LogP contribution is -2.44. The van der Waals surface area contributed by atoms with E-state index in [1.165, 1.54) is 0 Å². The summed E-state index contributed by atoms with van der Waals surface area (Å²) in [5.74, 6) is 0. The molecule has 1 aliphatic heterocycles. The van der Waals surface area contributed by atoms with Gasteiger partial charge in [0.25, 0.3) is 0 Å². The number of rotatable bonds is 6. The maximum Gasteiger partial charge on any atom is 0.0615 e. The standard InChI is InChI=1S/C11H22BrNO2/c1-10(9-14-2)13-6-3-11(4-7-13)15-8-5-12/h10-11H,3-9H2,1-2H3. The van der Waals surface area contributed by atoms with Crippen LogP contribution in [-0.2, 0) is 9.47 Å². The second kappa shape index (κ2) is 7.60. The molecule has 4 heteroatoms. The van der Waals surface area contributed by atoms with E-state index in [1.807, 2.05) is 0 Å². The van der Waals surface area contributed by atoms with Crippen LogP contribution in [0.5, 0.6) is 0 Å². The first kappa shape index (κ1) is 13.4. The van der Waals surface area contributed by atoms with E-state index in [1.54, 1.807) is 7.11 Å². The van der Waals surface area contributed by atoms with Crippen LogP contribution in [-0.4, -0.2) is 55.8 Å². The first-order valence-electron chi connectivity index (χ1n) is 5.68. The summed E-state index contributed by atoms with van der Waals surface area (Å²) in [4.78, 5) is 2.48. The van der Waals surface area contributed by atoms with Gasteiger partial charge in [-0.1, -0.05) is 15.9 Å². The lowest BCUT2D eigenvalue weighted by Gasteiger charge is -2.35. The predicted molar refractivity (Wildman–Crippen MR) is 65.7 cm³/mol. The molecule has 0 amide bonds. The van der Waals surface area contributed by atoms with E-state index in [2.05, 4.69) is 27.8 Å². The molecule has 1 fully saturated rings. The fraction of sp³-hybridized carbons (Fsp3) is 1.00. The van der Waals surface area contributed by atoms with Crippen molar-refractivity contribution in [3.8, 4) is 0 Å². The molecule has 0 aromatic rings. The molecule has 90 valence electrons. The molecule has 15 heavy (non-hydrogen) atoms. The Bertz CT molecular complexity index is 161. The summed E-state index contributed by atoms with van der Waals surface area (Å²) >= 11 is 3.38. The Labute approximate surface area is 101 Å². The van der Waals surface area contributed by atoms with Crippen molar-refractivity contribution >= 4 is 15.9 Å². The monoisotopic (exact) mass is 279 g/mol. The van der Waals surface area contributed by atoms with E-state index in [0.717, 1.165) is 44.5 Å². The summed E-state index contributed by atoms with van der Waals surface area (Å²) in [5, 5.41) is 0.938. The Morgan fingerprint density at radius 2 is 2.07 bits per heavy atom. The van der Waals surface area contributed by atoms with E-state index in [0.29, 0.717) is 12.1 Å². The van der Waals surface area contributed by atoms with Gasteiger partial charge in [0.05, 0.1) is 19.3 Å². The number of halogens is 1. The quantitative estimate of drug-likeness (QED) is 0.694. The van der Waals surface area contributed by atoms with Gasteiger partial charge in [-0.3, -0.25) is 4.90 Å².